The Balaban J connectivity index is 1.71. The van der Waals surface area contributed by atoms with Crippen molar-refractivity contribution in [2.75, 3.05) is 0 Å². The number of nitrogens with one attached hydrogen (secondary N) is 1. The smallest absolute Gasteiger partial charge is 0.262 e. The van der Waals surface area contributed by atoms with Gasteiger partial charge in [0.25, 0.3) is 11.5 Å². The molecule has 1 amide bonds. The van der Waals surface area contributed by atoms with Crippen molar-refractivity contribution in [3.05, 3.63) is 62.8 Å². The third-order valence-corrected chi connectivity index (χ3v) is 4.86. The molecule has 0 aliphatic heterocycles. The molecule has 0 spiro atoms. The number of carbonyl (C=O) groups is 1. The predicted octanol–water partition coefficient (Wildman–Crippen LogP) is 2.36. The summed E-state index contributed by atoms with van der Waals surface area (Å²) in [6.45, 7) is 3.62. The molecule has 0 unspecified atom stereocenters. The first-order valence-corrected chi connectivity index (χ1v) is 8.30. The number of benzene rings is 1. The summed E-state index contributed by atoms with van der Waals surface area (Å²) in [5, 5.41) is 4.35. The van der Waals surface area contributed by atoms with Crippen LogP contribution in [0.2, 0.25) is 0 Å². The van der Waals surface area contributed by atoms with Crippen LogP contribution in [-0.2, 0) is 11.3 Å². The number of rotatable bonds is 4. The van der Waals surface area contributed by atoms with Gasteiger partial charge in [-0.05, 0) is 37.1 Å². The van der Waals surface area contributed by atoms with E-state index in [1.807, 2.05) is 13.8 Å². The minimum Gasteiger partial charge on any atom is -0.289 e. The van der Waals surface area contributed by atoms with Crippen molar-refractivity contribution in [3.63, 3.8) is 0 Å². The Bertz CT molecular complexity index is 1020. The van der Waals surface area contributed by atoms with Crippen molar-refractivity contribution < 1.29 is 9.18 Å². The summed E-state index contributed by atoms with van der Waals surface area (Å²) in [5.41, 5.74) is 3.63. The lowest BCUT2D eigenvalue weighted by Gasteiger charge is -2.04. The maximum absolute atomic E-state index is 12.8. The van der Waals surface area contributed by atoms with Crippen molar-refractivity contribution in [2.45, 2.75) is 20.4 Å². The molecule has 2 heterocycles. The van der Waals surface area contributed by atoms with E-state index in [2.05, 4.69) is 15.5 Å². The Morgan fingerprint density at radius 3 is 2.80 bits per heavy atom. The fraction of sp³-hybridized carbons (Fsp3) is 0.176. The molecule has 6 nitrogen and oxygen atoms in total. The molecule has 1 aromatic carbocycles. The van der Waals surface area contributed by atoms with Gasteiger partial charge in [0.2, 0.25) is 0 Å². The number of thiophene rings is 1. The molecule has 25 heavy (non-hydrogen) atoms. The van der Waals surface area contributed by atoms with Crippen LogP contribution in [0.1, 0.15) is 16.0 Å². The van der Waals surface area contributed by atoms with E-state index in [9.17, 15) is 14.0 Å². The number of nitrogens with zero attached hydrogens (tertiary/aromatic N) is 3. The molecule has 128 valence electrons. The molecule has 3 aromatic rings. The molecule has 8 heteroatoms. The average Bonchev–Trinajstić information content (AvgIpc) is 2.87. The summed E-state index contributed by atoms with van der Waals surface area (Å²) in [7, 11) is 0. The third-order valence-electron chi connectivity index (χ3n) is 3.74. The summed E-state index contributed by atoms with van der Waals surface area (Å²) in [5.74, 6) is -0.798. The van der Waals surface area contributed by atoms with E-state index in [-0.39, 0.29) is 17.9 Å². The van der Waals surface area contributed by atoms with Crippen LogP contribution in [0.5, 0.6) is 0 Å². The predicted molar refractivity (Wildman–Crippen MR) is 95.5 cm³/mol. The Kier molecular flexibility index (Phi) is 4.71. The van der Waals surface area contributed by atoms with E-state index in [0.29, 0.717) is 15.8 Å². The fourth-order valence-corrected chi connectivity index (χ4v) is 3.29. The van der Waals surface area contributed by atoms with E-state index >= 15 is 0 Å². The Labute approximate surface area is 146 Å². The van der Waals surface area contributed by atoms with E-state index in [1.54, 1.807) is 0 Å². The van der Waals surface area contributed by atoms with Crippen LogP contribution in [0.15, 0.2) is 40.5 Å². The van der Waals surface area contributed by atoms with E-state index in [1.165, 1.54) is 52.7 Å². The molecule has 0 aliphatic rings. The molecular formula is C17H15FN4O2S. The maximum Gasteiger partial charge on any atom is 0.262 e. The van der Waals surface area contributed by atoms with Gasteiger partial charge in [0.1, 0.15) is 17.2 Å². The van der Waals surface area contributed by atoms with Gasteiger partial charge < -0.3 is 0 Å². The number of hydrazone groups is 1. The second kappa shape index (κ2) is 6.94. The zero-order valence-corrected chi connectivity index (χ0v) is 14.4. The lowest BCUT2D eigenvalue weighted by Crippen LogP contribution is -2.30. The van der Waals surface area contributed by atoms with Crippen LogP contribution in [0.25, 0.3) is 10.2 Å². The van der Waals surface area contributed by atoms with E-state index in [4.69, 9.17) is 0 Å². The second-order valence-electron chi connectivity index (χ2n) is 5.49. The number of hydrogen-bond donors (Lipinski definition) is 1. The lowest BCUT2D eigenvalue weighted by atomic mass is 10.2. The SMILES string of the molecule is Cc1sc2ncn(CC(=O)N/N=C\c3ccc(F)cc3)c(=O)c2c1C. The number of hydrogen-bond acceptors (Lipinski definition) is 5. The highest BCUT2D eigenvalue weighted by atomic mass is 32.1. The zero-order valence-electron chi connectivity index (χ0n) is 13.6. The Morgan fingerprint density at radius 2 is 2.08 bits per heavy atom. The molecule has 0 saturated carbocycles. The molecule has 3 rings (SSSR count). The van der Waals surface area contributed by atoms with E-state index < -0.39 is 5.91 Å². The molecule has 0 atom stereocenters. The molecule has 0 fully saturated rings. The first-order valence-electron chi connectivity index (χ1n) is 7.48. The van der Waals surface area contributed by atoms with Gasteiger partial charge in [-0.3, -0.25) is 14.2 Å². The Hall–Kier alpha value is -2.87. The highest BCUT2D eigenvalue weighted by molar-refractivity contribution is 7.18. The summed E-state index contributed by atoms with van der Waals surface area (Å²) < 4.78 is 14.1. The lowest BCUT2D eigenvalue weighted by molar-refractivity contribution is -0.121. The largest absolute Gasteiger partial charge is 0.289 e. The van der Waals surface area contributed by atoms with Crippen molar-refractivity contribution in [2.24, 2.45) is 5.10 Å². The highest BCUT2D eigenvalue weighted by Crippen LogP contribution is 2.25. The van der Waals surface area contributed by atoms with Crippen molar-refractivity contribution in [3.8, 4) is 0 Å². The highest BCUT2D eigenvalue weighted by Gasteiger charge is 2.13. The van der Waals surface area contributed by atoms with Gasteiger partial charge in [-0.15, -0.1) is 11.3 Å². The molecular weight excluding hydrogens is 343 g/mol. The molecule has 2 aromatic heterocycles. The van der Waals surface area contributed by atoms with Crippen LogP contribution in [-0.4, -0.2) is 21.7 Å². The minimum absolute atomic E-state index is 0.184. The van der Waals surface area contributed by atoms with Gasteiger partial charge in [0.05, 0.1) is 17.9 Å². The first kappa shape index (κ1) is 17.0. The monoisotopic (exact) mass is 358 g/mol. The quantitative estimate of drug-likeness (QED) is 0.575. The van der Waals surface area contributed by atoms with Crippen molar-refractivity contribution >= 4 is 33.7 Å². The van der Waals surface area contributed by atoms with Gasteiger partial charge in [0.15, 0.2) is 0 Å². The van der Waals surface area contributed by atoms with Crippen LogP contribution < -0.4 is 11.0 Å². The third kappa shape index (κ3) is 3.63. The van der Waals surface area contributed by atoms with Gasteiger partial charge >= 0.3 is 0 Å². The summed E-state index contributed by atoms with van der Waals surface area (Å²) >= 11 is 1.46. The number of carbonyl (C=O) groups excluding carboxylic acids is 1. The van der Waals surface area contributed by atoms with E-state index in [0.717, 1.165) is 10.4 Å². The van der Waals surface area contributed by atoms with Gasteiger partial charge in [-0.2, -0.15) is 5.10 Å². The molecule has 0 saturated heterocycles. The van der Waals surface area contributed by atoms with Crippen LogP contribution >= 0.6 is 11.3 Å². The average molecular weight is 358 g/mol. The molecule has 1 N–H and O–H groups in total. The number of aryl methyl sites for hydroxylation is 2. The maximum atomic E-state index is 12.8. The van der Waals surface area contributed by atoms with Crippen LogP contribution in [0.4, 0.5) is 4.39 Å². The molecule has 0 aliphatic carbocycles. The zero-order chi connectivity index (χ0) is 18.0. The second-order valence-corrected chi connectivity index (χ2v) is 6.69. The topological polar surface area (TPSA) is 76.3 Å². The minimum atomic E-state index is -0.453. The molecule has 0 radical (unpaired) electrons. The number of halogens is 1. The van der Waals surface area contributed by atoms with Gasteiger partial charge in [0, 0.05) is 4.88 Å². The standard InChI is InChI=1S/C17H15FN4O2S/c1-10-11(2)25-16-15(10)17(24)22(9-19-16)8-14(23)21-20-7-12-3-5-13(18)6-4-12/h3-7,9H,8H2,1-2H3,(H,21,23)/b20-7-. The summed E-state index contributed by atoms with van der Waals surface area (Å²) in [6.07, 6.45) is 2.76. The number of amides is 1. The van der Waals surface area contributed by atoms with Crippen LogP contribution in [0, 0.1) is 19.7 Å². The Morgan fingerprint density at radius 1 is 1.36 bits per heavy atom. The molecule has 0 bridgehead atoms. The van der Waals surface area contributed by atoms with Gasteiger partial charge in [-0.25, -0.2) is 14.8 Å². The van der Waals surface area contributed by atoms with Crippen molar-refractivity contribution in [1.29, 1.82) is 0 Å². The van der Waals surface area contributed by atoms with Crippen molar-refractivity contribution in [1.82, 2.24) is 15.0 Å². The van der Waals surface area contributed by atoms with Crippen LogP contribution in [0.3, 0.4) is 0 Å². The number of aromatic nitrogens is 2. The number of fused-ring (bicyclic) bond motifs is 1. The normalized spacial score (nSPS) is 11.3. The first-order chi connectivity index (χ1) is 12.0. The fourth-order valence-electron chi connectivity index (χ4n) is 2.30. The van der Waals surface area contributed by atoms with Gasteiger partial charge in [-0.1, -0.05) is 12.1 Å². The summed E-state index contributed by atoms with van der Waals surface area (Å²) in [6, 6.07) is 5.67. The summed E-state index contributed by atoms with van der Waals surface area (Å²) in [4.78, 5) is 30.4.